The molecule has 3 heterocycles. The van der Waals surface area contributed by atoms with E-state index in [1.165, 1.54) is 20.2 Å². The molecule has 0 unspecified atom stereocenters. The number of hydrogen-bond donors (Lipinski definition) is 0. The number of anilines is 3. The van der Waals surface area contributed by atoms with Crippen LogP contribution < -0.4 is 4.90 Å². The zero-order chi connectivity index (χ0) is 28.6. The molecule has 5 aromatic carbocycles. The molecule has 0 fully saturated rings. The maximum atomic E-state index is 4.98. The summed E-state index contributed by atoms with van der Waals surface area (Å²) in [4.78, 5) is 21.9. The summed E-state index contributed by atoms with van der Waals surface area (Å²) in [7, 11) is 0. The van der Waals surface area contributed by atoms with Gasteiger partial charge in [0.15, 0.2) is 11.6 Å². The molecule has 0 aliphatic rings. The van der Waals surface area contributed by atoms with E-state index in [-0.39, 0.29) is 0 Å². The van der Waals surface area contributed by atoms with Crippen molar-refractivity contribution in [3.63, 3.8) is 0 Å². The standard InChI is InChI=1S/C36H24N6S/c1-4-13-25(14-5-1)33-38-34(26-15-6-2-7-16-26)40-35(39-33)41-24-23-37-36(41)42(27-17-8-3-9-18-27)30-21-12-20-29-28-19-10-11-22-31(28)43-32(29)30/h1-24H. The first-order valence-electron chi connectivity index (χ1n) is 14.0. The number of imidazole rings is 1. The van der Waals surface area contributed by atoms with E-state index in [1.54, 1.807) is 17.5 Å². The SMILES string of the molecule is c1ccc(-c2nc(-c3ccccc3)nc(-n3ccnc3N(c3ccccc3)c3cccc4c3sc3ccccc34)n2)cc1. The number of rotatable bonds is 6. The predicted molar refractivity (Wildman–Crippen MR) is 175 cm³/mol. The lowest BCUT2D eigenvalue weighted by Crippen LogP contribution is -2.17. The van der Waals surface area contributed by atoms with Crippen LogP contribution in [0.5, 0.6) is 0 Å². The zero-order valence-corrected chi connectivity index (χ0v) is 23.8. The van der Waals surface area contributed by atoms with Gasteiger partial charge in [0.2, 0.25) is 11.9 Å². The number of nitrogens with zero attached hydrogens (tertiary/aromatic N) is 6. The molecule has 0 saturated heterocycles. The Balaban J connectivity index is 1.36. The minimum atomic E-state index is 0.490. The van der Waals surface area contributed by atoms with Crippen LogP contribution in [0.25, 0.3) is 48.9 Å². The van der Waals surface area contributed by atoms with Gasteiger partial charge in [-0.2, -0.15) is 9.97 Å². The van der Waals surface area contributed by atoms with Crippen molar-refractivity contribution in [3.05, 3.63) is 146 Å². The molecular formula is C36H24N6S. The molecule has 3 aromatic heterocycles. The highest BCUT2D eigenvalue weighted by atomic mass is 32.1. The molecule has 204 valence electrons. The predicted octanol–water partition coefficient (Wildman–Crippen LogP) is 9.23. The van der Waals surface area contributed by atoms with Gasteiger partial charge in [0, 0.05) is 44.7 Å². The van der Waals surface area contributed by atoms with Crippen molar-refractivity contribution < 1.29 is 0 Å². The van der Waals surface area contributed by atoms with Crippen molar-refractivity contribution in [1.29, 1.82) is 0 Å². The summed E-state index contributed by atoms with van der Waals surface area (Å²) in [6.07, 6.45) is 3.71. The van der Waals surface area contributed by atoms with Crippen LogP contribution in [0.3, 0.4) is 0 Å². The van der Waals surface area contributed by atoms with E-state index >= 15 is 0 Å². The summed E-state index contributed by atoms with van der Waals surface area (Å²) in [5, 5.41) is 2.47. The Kier molecular flexibility index (Phi) is 6.20. The molecule has 8 aromatic rings. The molecule has 0 N–H and O–H groups in total. The fourth-order valence-electron chi connectivity index (χ4n) is 5.37. The van der Waals surface area contributed by atoms with Crippen molar-refractivity contribution in [3.8, 4) is 28.7 Å². The van der Waals surface area contributed by atoms with Crippen LogP contribution >= 0.6 is 11.3 Å². The fraction of sp³-hybridized carbons (Fsp3) is 0. The van der Waals surface area contributed by atoms with E-state index < -0.39 is 0 Å². The highest BCUT2D eigenvalue weighted by Gasteiger charge is 2.23. The third-order valence-corrected chi connectivity index (χ3v) is 8.57. The van der Waals surface area contributed by atoms with Gasteiger partial charge in [-0.05, 0) is 24.3 Å². The highest BCUT2D eigenvalue weighted by Crippen LogP contribution is 2.44. The molecule has 0 spiro atoms. The Hall–Kier alpha value is -5.66. The summed E-state index contributed by atoms with van der Waals surface area (Å²) in [6, 6.07) is 45.3. The number of para-hydroxylation sites is 1. The van der Waals surface area contributed by atoms with Gasteiger partial charge in [-0.15, -0.1) is 11.3 Å². The zero-order valence-electron chi connectivity index (χ0n) is 22.9. The van der Waals surface area contributed by atoms with E-state index in [4.69, 9.17) is 19.9 Å². The first-order valence-corrected chi connectivity index (χ1v) is 14.8. The lowest BCUT2D eigenvalue weighted by Gasteiger charge is -2.25. The van der Waals surface area contributed by atoms with Crippen molar-refractivity contribution in [2.75, 3.05) is 4.90 Å². The molecule has 0 bridgehead atoms. The van der Waals surface area contributed by atoms with Crippen molar-refractivity contribution in [2.45, 2.75) is 0 Å². The molecule has 7 heteroatoms. The van der Waals surface area contributed by atoms with Gasteiger partial charge in [0.25, 0.3) is 0 Å². The molecule has 6 nitrogen and oxygen atoms in total. The van der Waals surface area contributed by atoms with Crippen molar-refractivity contribution in [1.82, 2.24) is 24.5 Å². The quantitative estimate of drug-likeness (QED) is 0.199. The van der Waals surface area contributed by atoms with E-state index in [2.05, 4.69) is 59.5 Å². The molecule has 0 saturated carbocycles. The van der Waals surface area contributed by atoms with Gasteiger partial charge < -0.3 is 0 Å². The monoisotopic (exact) mass is 572 g/mol. The highest BCUT2D eigenvalue weighted by molar-refractivity contribution is 7.26. The largest absolute Gasteiger partial charge is 0.279 e. The lowest BCUT2D eigenvalue weighted by atomic mass is 10.1. The van der Waals surface area contributed by atoms with Gasteiger partial charge in [-0.3, -0.25) is 9.47 Å². The van der Waals surface area contributed by atoms with Crippen LogP contribution in [0, 0.1) is 0 Å². The molecule has 0 radical (unpaired) electrons. The second-order valence-corrected chi connectivity index (χ2v) is 11.1. The minimum absolute atomic E-state index is 0.490. The summed E-state index contributed by atoms with van der Waals surface area (Å²) in [5.74, 6) is 2.37. The van der Waals surface area contributed by atoms with Crippen LogP contribution in [-0.4, -0.2) is 24.5 Å². The Bertz CT molecular complexity index is 2130. The first kappa shape index (κ1) is 25.1. The third kappa shape index (κ3) is 4.52. The number of benzene rings is 5. The second kappa shape index (κ2) is 10.6. The van der Waals surface area contributed by atoms with E-state index in [9.17, 15) is 0 Å². The molecule has 0 amide bonds. The van der Waals surface area contributed by atoms with E-state index in [0.29, 0.717) is 23.5 Å². The maximum absolute atomic E-state index is 4.98. The number of hydrogen-bond acceptors (Lipinski definition) is 6. The molecule has 0 aliphatic carbocycles. The summed E-state index contributed by atoms with van der Waals surface area (Å²) in [5.41, 5.74) is 3.86. The molecule has 0 atom stereocenters. The topological polar surface area (TPSA) is 59.7 Å². The van der Waals surface area contributed by atoms with Crippen LogP contribution in [0.4, 0.5) is 17.3 Å². The van der Waals surface area contributed by atoms with Crippen LogP contribution in [0.1, 0.15) is 0 Å². The maximum Gasteiger partial charge on any atom is 0.240 e. The number of thiophene rings is 1. The van der Waals surface area contributed by atoms with Crippen LogP contribution in [0.15, 0.2) is 146 Å². The van der Waals surface area contributed by atoms with Gasteiger partial charge >= 0.3 is 0 Å². The normalized spacial score (nSPS) is 11.3. The Morgan fingerprint density at radius 1 is 0.558 bits per heavy atom. The van der Waals surface area contributed by atoms with E-state index in [1.807, 2.05) is 89.6 Å². The van der Waals surface area contributed by atoms with Gasteiger partial charge in [0.1, 0.15) is 0 Å². The van der Waals surface area contributed by atoms with Gasteiger partial charge in [-0.25, -0.2) is 9.97 Å². The first-order chi connectivity index (χ1) is 21.3. The van der Waals surface area contributed by atoms with Crippen molar-refractivity contribution in [2.24, 2.45) is 0 Å². The Labute approximate surface area is 252 Å². The number of fused-ring (bicyclic) bond motifs is 3. The number of aromatic nitrogens is 5. The average molecular weight is 573 g/mol. The van der Waals surface area contributed by atoms with Crippen LogP contribution in [0.2, 0.25) is 0 Å². The lowest BCUT2D eigenvalue weighted by molar-refractivity contribution is 0.895. The summed E-state index contributed by atoms with van der Waals surface area (Å²) < 4.78 is 4.38. The molecule has 43 heavy (non-hydrogen) atoms. The van der Waals surface area contributed by atoms with Gasteiger partial charge in [-0.1, -0.05) is 109 Å². The second-order valence-electron chi connectivity index (χ2n) is 10.0. The molecule has 8 rings (SSSR count). The van der Waals surface area contributed by atoms with Crippen LogP contribution in [-0.2, 0) is 0 Å². The average Bonchev–Trinajstić information content (AvgIpc) is 3.72. The fourth-order valence-corrected chi connectivity index (χ4v) is 6.58. The van der Waals surface area contributed by atoms with E-state index in [0.717, 1.165) is 22.5 Å². The Morgan fingerprint density at radius 3 is 1.86 bits per heavy atom. The van der Waals surface area contributed by atoms with Gasteiger partial charge in [0.05, 0.1) is 10.4 Å². The minimum Gasteiger partial charge on any atom is -0.279 e. The smallest absolute Gasteiger partial charge is 0.240 e. The summed E-state index contributed by atoms with van der Waals surface area (Å²) in [6.45, 7) is 0. The Morgan fingerprint density at radius 2 is 1.16 bits per heavy atom. The third-order valence-electron chi connectivity index (χ3n) is 7.36. The molecular weight excluding hydrogens is 549 g/mol. The molecule has 0 aliphatic heterocycles. The van der Waals surface area contributed by atoms with Crippen molar-refractivity contribution >= 4 is 48.8 Å². The summed E-state index contributed by atoms with van der Waals surface area (Å²) >= 11 is 1.79.